The van der Waals surface area contributed by atoms with E-state index in [2.05, 4.69) is 5.32 Å². The Morgan fingerprint density at radius 3 is 2.43 bits per heavy atom. The summed E-state index contributed by atoms with van der Waals surface area (Å²) in [6.45, 7) is 1.29. The molecule has 1 aliphatic heterocycles. The molecule has 2 fully saturated rings. The lowest BCUT2D eigenvalue weighted by molar-refractivity contribution is -0.139. The zero-order chi connectivity index (χ0) is 16.4. The normalized spacial score (nSPS) is 19.3. The van der Waals surface area contributed by atoms with Crippen molar-refractivity contribution in [3.05, 3.63) is 34.6 Å². The van der Waals surface area contributed by atoms with Crippen LogP contribution in [0.3, 0.4) is 0 Å². The summed E-state index contributed by atoms with van der Waals surface area (Å²) in [5, 5.41) is 2.94. The highest BCUT2D eigenvalue weighted by molar-refractivity contribution is 6.33. The molecule has 2 aliphatic rings. The van der Waals surface area contributed by atoms with Crippen molar-refractivity contribution in [1.82, 2.24) is 10.2 Å². The van der Waals surface area contributed by atoms with Gasteiger partial charge in [-0.3, -0.25) is 9.59 Å². The van der Waals surface area contributed by atoms with E-state index in [1.807, 2.05) is 4.90 Å². The Morgan fingerprint density at radius 1 is 1.17 bits per heavy atom. The fourth-order valence-electron chi connectivity index (χ4n) is 3.13. The van der Waals surface area contributed by atoms with Crippen molar-refractivity contribution in [2.75, 3.05) is 13.1 Å². The predicted molar refractivity (Wildman–Crippen MR) is 85.8 cm³/mol. The van der Waals surface area contributed by atoms with Crippen LogP contribution in [0, 0.1) is 11.7 Å². The van der Waals surface area contributed by atoms with E-state index >= 15 is 0 Å². The summed E-state index contributed by atoms with van der Waals surface area (Å²) < 4.78 is 13.8. The first-order valence-electron chi connectivity index (χ1n) is 8.10. The van der Waals surface area contributed by atoms with E-state index in [0.717, 1.165) is 19.3 Å². The zero-order valence-electron chi connectivity index (χ0n) is 12.9. The number of amides is 2. The molecule has 1 saturated carbocycles. The SMILES string of the molecule is O=C(NC1CCN(C(=O)C2CCC2)CC1)c1c(F)cccc1Cl. The van der Waals surface area contributed by atoms with E-state index < -0.39 is 11.7 Å². The maximum absolute atomic E-state index is 13.8. The molecule has 1 N–H and O–H groups in total. The van der Waals surface area contributed by atoms with E-state index in [1.54, 1.807) is 0 Å². The number of piperidine rings is 1. The fourth-order valence-corrected chi connectivity index (χ4v) is 3.38. The molecule has 1 aromatic rings. The molecule has 0 spiro atoms. The van der Waals surface area contributed by atoms with Crippen LogP contribution in [0.4, 0.5) is 4.39 Å². The first-order chi connectivity index (χ1) is 11.1. The van der Waals surface area contributed by atoms with Crippen LogP contribution >= 0.6 is 11.6 Å². The fraction of sp³-hybridized carbons (Fsp3) is 0.529. The zero-order valence-corrected chi connectivity index (χ0v) is 13.6. The van der Waals surface area contributed by atoms with E-state index in [9.17, 15) is 14.0 Å². The Morgan fingerprint density at radius 2 is 1.87 bits per heavy atom. The largest absolute Gasteiger partial charge is 0.349 e. The van der Waals surface area contributed by atoms with Crippen molar-refractivity contribution in [3.63, 3.8) is 0 Å². The third-order valence-corrected chi connectivity index (χ3v) is 5.10. The van der Waals surface area contributed by atoms with Gasteiger partial charge in [-0.15, -0.1) is 0 Å². The van der Waals surface area contributed by atoms with Crippen molar-refractivity contribution in [2.45, 2.75) is 38.1 Å². The van der Waals surface area contributed by atoms with Gasteiger partial charge in [-0.25, -0.2) is 4.39 Å². The Kier molecular flexibility index (Phi) is 4.85. The van der Waals surface area contributed by atoms with Crippen LogP contribution in [0.25, 0.3) is 0 Å². The van der Waals surface area contributed by atoms with E-state index in [0.29, 0.717) is 25.9 Å². The van der Waals surface area contributed by atoms with Crippen molar-refractivity contribution in [2.24, 2.45) is 5.92 Å². The van der Waals surface area contributed by atoms with Gasteiger partial charge in [0, 0.05) is 25.0 Å². The maximum Gasteiger partial charge on any atom is 0.255 e. The first kappa shape index (κ1) is 16.2. The standard InChI is InChI=1S/C17H20ClFN2O2/c18-13-5-2-6-14(19)15(13)16(22)20-12-7-9-21(10-8-12)17(23)11-3-1-4-11/h2,5-6,11-12H,1,3-4,7-10H2,(H,20,22). The number of halogens is 2. The monoisotopic (exact) mass is 338 g/mol. The van der Waals surface area contributed by atoms with Gasteiger partial charge in [0.15, 0.2) is 0 Å². The molecular formula is C17H20ClFN2O2. The van der Waals surface area contributed by atoms with Crippen LogP contribution in [-0.4, -0.2) is 35.8 Å². The molecule has 6 heteroatoms. The number of likely N-dealkylation sites (tertiary alicyclic amines) is 1. The van der Waals surface area contributed by atoms with Crippen LogP contribution < -0.4 is 5.32 Å². The van der Waals surface area contributed by atoms with Gasteiger partial charge in [-0.2, -0.15) is 0 Å². The summed E-state index contributed by atoms with van der Waals surface area (Å²) in [5.41, 5.74) is -0.109. The summed E-state index contributed by atoms with van der Waals surface area (Å²) in [6, 6.07) is 4.14. The molecule has 3 rings (SSSR count). The lowest BCUT2D eigenvalue weighted by Gasteiger charge is -2.36. The number of benzene rings is 1. The number of hydrogen-bond acceptors (Lipinski definition) is 2. The molecule has 0 unspecified atom stereocenters. The average molecular weight is 339 g/mol. The van der Waals surface area contributed by atoms with Crippen LogP contribution in [-0.2, 0) is 4.79 Å². The minimum Gasteiger partial charge on any atom is -0.349 e. The van der Waals surface area contributed by atoms with Crippen molar-refractivity contribution in [3.8, 4) is 0 Å². The topological polar surface area (TPSA) is 49.4 Å². The quantitative estimate of drug-likeness (QED) is 0.921. The molecule has 1 saturated heterocycles. The highest BCUT2D eigenvalue weighted by Crippen LogP contribution is 2.29. The summed E-state index contributed by atoms with van der Waals surface area (Å²) >= 11 is 5.91. The molecule has 4 nitrogen and oxygen atoms in total. The molecule has 1 aliphatic carbocycles. The van der Waals surface area contributed by atoms with E-state index in [-0.39, 0.29) is 28.5 Å². The Balaban J connectivity index is 1.54. The molecule has 1 aromatic carbocycles. The highest BCUT2D eigenvalue weighted by atomic mass is 35.5. The van der Waals surface area contributed by atoms with Gasteiger partial charge in [0.1, 0.15) is 5.82 Å². The molecule has 0 radical (unpaired) electrons. The third kappa shape index (κ3) is 3.50. The molecular weight excluding hydrogens is 319 g/mol. The molecule has 1 heterocycles. The maximum atomic E-state index is 13.8. The third-order valence-electron chi connectivity index (χ3n) is 4.79. The van der Waals surface area contributed by atoms with E-state index in [1.165, 1.54) is 18.2 Å². The van der Waals surface area contributed by atoms with Crippen molar-refractivity contribution in [1.29, 1.82) is 0 Å². The molecule has 0 atom stereocenters. The van der Waals surface area contributed by atoms with Crippen LogP contribution in [0.1, 0.15) is 42.5 Å². The van der Waals surface area contributed by atoms with Gasteiger partial charge in [0.05, 0.1) is 10.6 Å². The molecule has 23 heavy (non-hydrogen) atoms. The van der Waals surface area contributed by atoms with Crippen molar-refractivity contribution < 1.29 is 14.0 Å². The van der Waals surface area contributed by atoms with Crippen molar-refractivity contribution >= 4 is 23.4 Å². The molecule has 0 aromatic heterocycles. The average Bonchev–Trinajstić information content (AvgIpc) is 2.46. The highest BCUT2D eigenvalue weighted by Gasteiger charge is 2.32. The number of carbonyl (C=O) groups is 2. The lowest BCUT2D eigenvalue weighted by atomic mass is 9.84. The number of nitrogens with zero attached hydrogens (tertiary/aromatic N) is 1. The number of nitrogens with one attached hydrogen (secondary N) is 1. The smallest absolute Gasteiger partial charge is 0.255 e. The van der Waals surface area contributed by atoms with Crippen LogP contribution in [0.5, 0.6) is 0 Å². The molecule has 2 amide bonds. The summed E-state index contributed by atoms with van der Waals surface area (Å²) in [6.07, 6.45) is 4.53. The lowest BCUT2D eigenvalue weighted by Crippen LogP contribution is -2.49. The second-order valence-electron chi connectivity index (χ2n) is 6.30. The minimum atomic E-state index is -0.618. The van der Waals surface area contributed by atoms with E-state index in [4.69, 9.17) is 11.6 Å². The summed E-state index contributed by atoms with van der Waals surface area (Å²) in [7, 11) is 0. The van der Waals surface area contributed by atoms with Gasteiger partial charge >= 0.3 is 0 Å². The second kappa shape index (κ2) is 6.87. The van der Waals surface area contributed by atoms with Gasteiger partial charge in [-0.05, 0) is 37.8 Å². The number of rotatable bonds is 3. The van der Waals surface area contributed by atoms with Gasteiger partial charge in [0.2, 0.25) is 5.91 Å². The molecule has 0 bridgehead atoms. The summed E-state index contributed by atoms with van der Waals surface area (Å²) in [4.78, 5) is 26.3. The van der Waals surface area contributed by atoms with Crippen LogP contribution in [0.2, 0.25) is 5.02 Å². The van der Waals surface area contributed by atoms with Gasteiger partial charge < -0.3 is 10.2 Å². The molecule has 124 valence electrons. The van der Waals surface area contributed by atoms with Gasteiger partial charge in [-0.1, -0.05) is 24.1 Å². The Labute approximate surface area is 140 Å². The van der Waals surface area contributed by atoms with Gasteiger partial charge in [0.25, 0.3) is 5.91 Å². The Bertz CT molecular complexity index is 590. The van der Waals surface area contributed by atoms with Crippen LogP contribution in [0.15, 0.2) is 18.2 Å². The number of hydrogen-bond donors (Lipinski definition) is 1. The number of carbonyl (C=O) groups excluding carboxylic acids is 2. The minimum absolute atomic E-state index is 0.0522. The summed E-state index contributed by atoms with van der Waals surface area (Å²) in [5.74, 6) is -0.652. The Hall–Kier alpha value is -1.62. The predicted octanol–water partition coefficient (Wildman–Crippen LogP) is 3.00. The first-order valence-corrected chi connectivity index (χ1v) is 8.47. The second-order valence-corrected chi connectivity index (χ2v) is 6.70.